The van der Waals surface area contributed by atoms with Gasteiger partial charge in [-0.1, -0.05) is 48.6 Å². The van der Waals surface area contributed by atoms with Crippen molar-refractivity contribution in [1.82, 2.24) is 4.57 Å². The van der Waals surface area contributed by atoms with Crippen molar-refractivity contribution in [3.8, 4) is 0 Å². The fourth-order valence-electron chi connectivity index (χ4n) is 2.62. The zero-order chi connectivity index (χ0) is 17.8. The number of aryl methyl sites for hydroxylation is 1. The normalized spacial score (nSPS) is 11.8. The average Bonchev–Trinajstić information content (AvgIpc) is 2.92. The molecular weight excluding hydrogens is 338 g/mol. The molecule has 2 aromatic carbocycles. The highest BCUT2D eigenvalue weighted by molar-refractivity contribution is 7.16. The third-order valence-corrected chi connectivity index (χ3v) is 4.78. The fourth-order valence-corrected chi connectivity index (χ4v) is 3.72. The predicted molar refractivity (Wildman–Crippen MR) is 97.5 cm³/mol. The minimum Gasteiger partial charge on any atom is -0.316 e. The number of rotatable bonds is 5. The van der Waals surface area contributed by atoms with Crippen molar-refractivity contribution in [2.45, 2.75) is 26.3 Å². The fraction of sp³-hybridized carbons (Fsp3) is 0.222. The lowest BCUT2D eigenvalue weighted by Gasteiger charge is -2.02. The summed E-state index contributed by atoms with van der Waals surface area (Å²) in [5, 5.41) is 11.0. The molecule has 1 heterocycles. The highest BCUT2D eigenvalue weighted by atomic mass is 32.1. The van der Waals surface area contributed by atoms with Gasteiger partial charge in [-0.3, -0.25) is 14.9 Å². The number of nitro benzene ring substituents is 1. The molecule has 128 valence electrons. The summed E-state index contributed by atoms with van der Waals surface area (Å²) in [6, 6.07) is 14.2. The average molecular weight is 355 g/mol. The molecule has 6 nitrogen and oxygen atoms in total. The number of thiazole rings is 1. The SMILES string of the molecule is CCCn1c(=NC(=O)Cc2ccccc2)sc2cc([N+](=O)[O-])ccc21. The quantitative estimate of drug-likeness (QED) is 0.517. The third kappa shape index (κ3) is 3.83. The Balaban J connectivity index is 2.02. The first kappa shape index (κ1) is 17.0. The van der Waals surface area contributed by atoms with Crippen LogP contribution in [0.3, 0.4) is 0 Å². The molecule has 0 aliphatic rings. The van der Waals surface area contributed by atoms with Crippen molar-refractivity contribution in [1.29, 1.82) is 0 Å². The van der Waals surface area contributed by atoms with Gasteiger partial charge in [0.25, 0.3) is 11.6 Å². The van der Waals surface area contributed by atoms with E-state index in [1.54, 1.807) is 6.07 Å². The van der Waals surface area contributed by atoms with E-state index in [4.69, 9.17) is 0 Å². The lowest BCUT2D eigenvalue weighted by molar-refractivity contribution is -0.384. The lowest BCUT2D eigenvalue weighted by Crippen LogP contribution is -2.17. The zero-order valence-corrected chi connectivity index (χ0v) is 14.5. The Morgan fingerprint density at radius 2 is 2.00 bits per heavy atom. The van der Waals surface area contributed by atoms with E-state index in [2.05, 4.69) is 4.99 Å². The summed E-state index contributed by atoms with van der Waals surface area (Å²) in [6.07, 6.45) is 1.12. The Labute approximate surface area is 148 Å². The van der Waals surface area contributed by atoms with Crippen LogP contribution in [0.4, 0.5) is 5.69 Å². The van der Waals surface area contributed by atoms with E-state index in [0.29, 0.717) is 11.3 Å². The van der Waals surface area contributed by atoms with Gasteiger partial charge in [-0.15, -0.1) is 0 Å². The third-order valence-electron chi connectivity index (χ3n) is 3.74. The number of carbonyl (C=O) groups excluding carboxylic acids is 1. The second kappa shape index (κ2) is 7.40. The van der Waals surface area contributed by atoms with Crippen LogP contribution >= 0.6 is 11.3 Å². The van der Waals surface area contributed by atoms with Gasteiger partial charge >= 0.3 is 0 Å². The predicted octanol–water partition coefficient (Wildman–Crippen LogP) is 3.69. The van der Waals surface area contributed by atoms with E-state index in [-0.39, 0.29) is 18.0 Å². The Morgan fingerprint density at radius 1 is 1.24 bits per heavy atom. The maximum atomic E-state index is 12.3. The van der Waals surface area contributed by atoms with Crippen LogP contribution in [0.15, 0.2) is 53.5 Å². The Morgan fingerprint density at radius 3 is 2.68 bits per heavy atom. The Kier molecular flexibility index (Phi) is 5.04. The summed E-state index contributed by atoms with van der Waals surface area (Å²) < 4.78 is 2.71. The molecule has 7 heteroatoms. The van der Waals surface area contributed by atoms with Crippen LogP contribution in [0.5, 0.6) is 0 Å². The van der Waals surface area contributed by atoms with Crippen molar-refractivity contribution in [3.05, 3.63) is 69.0 Å². The topological polar surface area (TPSA) is 77.5 Å². The second-order valence-corrected chi connectivity index (χ2v) is 6.62. The first-order valence-electron chi connectivity index (χ1n) is 7.97. The molecule has 0 bridgehead atoms. The molecule has 1 amide bonds. The van der Waals surface area contributed by atoms with Gasteiger partial charge in [-0.2, -0.15) is 4.99 Å². The molecular formula is C18H17N3O3S. The number of non-ortho nitro benzene ring substituents is 1. The van der Waals surface area contributed by atoms with Crippen LogP contribution in [0.1, 0.15) is 18.9 Å². The van der Waals surface area contributed by atoms with Crippen LogP contribution in [0.25, 0.3) is 10.2 Å². The summed E-state index contributed by atoms with van der Waals surface area (Å²) in [5.41, 5.74) is 1.82. The number of amides is 1. The maximum Gasteiger partial charge on any atom is 0.270 e. The van der Waals surface area contributed by atoms with Crippen molar-refractivity contribution in [2.75, 3.05) is 0 Å². The smallest absolute Gasteiger partial charge is 0.270 e. The van der Waals surface area contributed by atoms with E-state index < -0.39 is 4.92 Å². The summed E-state index contributed by atoms with van der Waals surface area (Å²) in [5.74, 6) is -0.225. The molecule has 0 saturated carbocycles. The van der Waals surface area contributed by atoms with Gasteiger partial charge in [-0.25, -0.2) is 0 Å². The zero-order valence-electron chi connectivity index (χ0n) is 13.7. The van der Waals surface area contributed by atoms with E-state index in [1.165, 1.54) is 23.5 Å². The molecule has 0 N–H and O–H groups in total. The number of hydrogen-bond acceptors (Lipinski definition) is 4. The summed E-state index contributed by atoms with van der Waals surface area (Å²) in [6.45, 7) is 2.74. The number of carbonyl (C=O) groups is 1. The van der Waals surface area contributed by atoms with Crippen LogP contribution in [0, 0.1) is 10.1 Å². The summed E-state index contributed by atoms with van der Waals surface area (Å²) >= 11 is 1.31. The van der Waals surface area contributed by atoms with Crippen molar-refractivity contribution >= 4 is 33.1 Å². The van der Waals surface area contributed by atoms with Gasteiger partial charge in [0.2, 0.25) is 0 Å². The molecule has 0 saturated heterocycles. The minimum absolute atomic E-state index is 0.0413. The van der Waals surface area contributed by atoms with Gasteiger partial charge in [0.05, 0.1) is 21.6 Å². The van der Waals surface area contributed by atoms with Gasteiger partial charge in [0.15, 0.2) is 4.80 Å². The standard InChI is InChI=1S/C18H17N3O3S/c1-2-10-20-15-9-8-14(21(23)24)12-16(15)25-18(20)19-17(22)11-13-6-4-3-5-7-13/h3-9,12H,2,10-11H2,1H3. The molecule has 0 spiro atoms. The van der Waals surface area contributed by atoms with Gasteiger partial charge in [0.1, 0.15) is 0 Å². The summed E-state index contributed by atoms with van der Waals surface area (Å²) in [7, 11) is 0. The van der Waals surface area contributed by atoms with Crippen molar-refractivity contribution in [2.24, 2.45) is 4.99 Å². The number of fused-ring (bicyclic) bond motifs is 1. The number of benzene rings is 2. The molecule has 0 aliphatic carbocycles. The molecule has 0 atom stereocenters. The van der Waals surface area contributed by atoms with Crippen LogP contribution in [-0.2, 0) is 17.8 Å². The Hall–Kier alpha value is -2.80. The van der Waals surface area contributed by atoms with Gasteiger partial charge < -0.3 is 4.57 Å². The minimum atomic E-state index is -0.416. The number of nitro groups is 1. The van der Waals surface area contributed by atoms with Crippen molar-refractivity contribution < 1.29 is 9.72 Å². The number of aromatic nitrogens is 1. The van der Waals surface area contributed by atoms with E-state index in [9.17, 15) is 14.9 Å². The summed E-state index contributed by atoms with van der Waals surface area (Å²) in [4.78, 5) is 27.7. The van der Waals surface area contributed by atoms with Crippen LogP contribution in [-0.4, -0.2) is 15.4 Å². The molecule has 0 unspecified atom stereocenters. The molecule has 25 heavy (non-hydrogen) atoms. The first-order valence-corrected chi connectivity index (χ1v) is 8.79. The van der Waals surface area contributed by atoms with E-state index >= 15 is 0 Å². The van der Waals surface area contributed by atoms with E-state index in [1.807, 2.05) is 41.8 Å². The van der Waals surface area contributed by atoms with Crippen LogP contribution in [0.2, 0.25) is 0 Å². The molecule has 1 aromatic heterocycles. The molecule has 0 radical (unpaired) electrons. The molecule has 0 fully saturated rings. The highest BCUT2D eigenvalue weighted by Crippen LogP contribution is 2.23. The van der Waals surface area contributed by atoms with Gasteiger partial charge in [-0.05, 0) is 18.1 Å². The highest BCUT2D eigenvalue weighted by Gasteiger charge is 2.12. The second-order valence-electron chi connectivity index (χ2n) is 5.61. The molecule has 3 rings (SSSR count). The maximum absolute atomic E-state index is 12.3. The van der Waals surface area contributed by atoms with Gasteiger partial charge in [0, 0.05) is 18.7 Å². The number of hydrogen-bond donors (Lipinski definition) is 0. The van der Waals surface area contributed by atoms with Crippen molar-refractivity contribution in [3.63, 3.8) is 0 Å². The first-order chi connectivity index (χ1) is 12.1. The number of nitrogens with zero attached hydrogens (tertiary/aromatic N) is 3. The lowest BCUT2D eigenvalue weighted by atomic mass is 10.1. The van der Waals surface area contributed by atoms with Crippen LogP contribution < -0.4 is 4.80 Å². The Bertz CT molecular complexity index is 990. The molecule has 0 aliphatic heterocycles. The monoisotopic (exact) mass is 355 g/mol. The largest absolute Gasteiger partial charge is 0.316 e. The van der Waals surface area contributed by atoms with E-state index in [0.717, 1.165) is 22.2 Å². The molecule has 3 aromatic rings.